The molecular weight excluding hydrogens is 388 g/mol. The van der Waals surface area contributed by atoms with Crippen LogP contribution in [0.2, 0.25) is 0 Å². The summed E-state index contributed by atoms with van der Waals surface area (Å²) < 4.78 is 0. The van der Waals surface area contributed by atoms with Gasteiger partial charge in [0.05, 0.1) is 6.04 Å². The number of phenols is 1. The SMILES string of the molecule is NC(=O)CCC(NC(=O)C(N)CS)C(=O)NC(Cc1ccc(O)cc1)C(=O)O. The normalized spacial score (nSPS) is 13.8. The van der Waals surface area contributed by atoms with Gasteiger partial charge in [-0.15, -0.1) is 0 Å². The molecule has 0 aliphatic rings. The minimum absolute atomic E-state index is 0.0226. The third-order valence-electron chi connectivity index (χ3n) is 3.84. The number of nitrogens with two attached hydrogens (primary N) is 2. The van der Waals surface area contributed by atoms with Crippen LogP contribution in [-0.4, -0.2) is 57.8 Å². The molecule has 0 aliphatic carbocycles. The van der Waals surface area contributed by atoms with Gasteiger partial charge in [0.15, 0.2) is 0 Å². The van der Waals surface area contributed by atoms with E-state index in [9.17, 15) is 29.4 Å². The number of phenolic OH excluding ortho intramolecular Hbond substituents is 1. The first-order valence-electron chi connectivity index (χ1n) is 8.40. The number of rotatable bonds is 11. The van der Waals surface area contributed by atoms with Crippen molar-refractivity contribution >= 4 is 36.3 Å². The third kappa shape index (κ3) is 7.84. The maximum absolute atomic E-state index is 12.5. The molecule has 0 saturated carbocycles. The monoisotopic (exact) mass is 412 g/mol. The van der Waals surface area contributed by atoms with E-state index < -0.39 is 41.8 Å². The second kappa shape index (κ2) is 11.1. The van der Waals surface area contributed by atoms with Crippen molar-refractivity contribution in [3.05, 3.63) is 29.8 Å². The Bertz CT molecular complexity index is 712. The first kappa shape index (κ1) is 23.2. The Hall–Kier alpha value is -2.79. The summed E-state index contributed by atoms with van der Waals surface area (Å²) >= 11 is 3.90. The molecule has 8 N–H and O–H groups in total. The number of thiol groups is 1. The van der Waals surface area contributed by atoms with Crippen LogP contribution in [-0.2, 0) is 25.6 Å². The molecule has 1 rings (SSSR count). The van der Waals surface area contributed by atoms with Crippen LogP contribution in [0.5, 0.6) is 5.75 Å². The van der Waals surface area contributed by atoms with Crippen LogP contribution in [0.4, 0.5) is 0 Å². The van der Waals surface area contributed by atoms with Crippen molar-refractivity contribution in [2.75, 3.05) is 5.75 Å². The molecule has 3 atom stereocenters. The molecule has 11 heteroatoms. The molecule has 0 saturated heterocycles. The lowest BCUT2D eigenvalue weighted by Crippen LogP contribution is -2.55. The van der Waals surface area contributed by atoms with Crippen molar-refractivity contribution in [2.24, 2.45) is 11.5 Å². The van der Waals surface area contributed by atoms with E-state index in [2.05, 4.69) is 23.3 Å². The summed E-state index contributed by atoms with van der Waals surface area (Å²) in [4.78, 5) is 47.0. The number of amides is 3. The number of hydrogen-bond donors (Lipinski definition) is 7. The van der Waals surface area contributed by atoms with Gasteiger partial charge in [-0.2, -0.15) is 12.6 Å². The number of aromatic hydroxyl groups is 1. The van der Waals surface area contributed by atoms with Gasteiger partial charge in [0.2, 0.25) is 17.7 Å². The van der Waals surface area contributed by atoms with Crippen LogP contribution in [0.25, 0.3) is 0 Å². The van der Waals surface area contributed by atoms with Gasteiger partial charge in [0.1, 0.15) is 17.8 Å². The van der Waals surface area contributed by atoms with E-state index in [1.807, 2.05) is 0 Å². The molecule has 3 unspecified atom stereocenters. The minimum Gasteiger partial charge on any atom is -0.508 e. The van der Waals surface area contributed by atoms with Crippen molar-refractivity contribution in [3.63, 3.8) is 0 Å². The summed E-state index contributed by atoms with van der Waals surface area (Å²) in [7, 11) is 0. The Kier molecular flexibility index (Phi) is 9.25. The van der Waals surface area contributed by atoms with Crippen molar-refractivity contribution in [2.45, 2.75) is 37.4 Å². The average molecular weight is 412 g/mol. The highest BCUT2D eigenvalue weighted by Crippen LogP contribution is 2.12. The minimum atomic E-state index is -1.29. The number of carbonyl (C=O) groups is 4. The second-order valence-electron chi connectivity index (χ2n) is 6.13. The first-order chi connectivity index (χ1) is 13.1. The predicted molar refractivity (Wildman–Crippen MR) is 104 cm³/mol. The maximum Gasteiger partial charge on any atom is 0.326 e. The number of benzene rings is 1. The van der Waals surface area contributed by atoms with E-state index in [4.69, 9.17) is 11.5 Å². The smallest absolute Gasteiger partial charge is 0.326 e. The van der Waals surface area contributed by atoms with Gasteiger partial charge in [0.25, 0.3) is 0 Å². The van der Waals surface area contributed by atoms with Gasteiger partial charge >= 0.3 is 5.97 Å². The molecule has 0 fully saturated rings. The highest BCUT2D eigenvalue weighted by Gasteiger charge is 2.28. The molecule has 0 heterocycles. The Morgan fingerprint density at radius 3 is 2.11 bits per heavy atom. The molecule has 0 spiro atoms. The maximum atomic E-state index is 12.5. The molecular formula is C17H24N4O6S. The second-order valence-corrected chi connectivity index (χ2v) is 6.49. The average Bonchev–Trinajstić information content (AvgIpc) is 2.64. The molecule has 0 aromatic heterocycles. The van der Waals surface area contributed by atoms with Crippen LogP contribution in [0.15, 0.2) is 24.3 Å². The summed E-state index contributed by atoms with van der Waals surface area (Å²) in [6, 6.07) is 2.39. The molecule has 0 bridgehead atoms. The van der Waals surface area contributed by atoms with Crippen LogP contribution in [0.1, 0.15) is 18.4 Å². The summed E-state index contributed by atoms with van der Waals surface area (Å²) in [5.41, 5.74) is 11.2. The number of nitrogens with one attached hydrogen (secondary N) is 2. The van der Waals surface area contributed by atoms with Crippen LogP contribution < -0.4 is 22.1 Å². The van der Waals surface area contributed by atoms with E-state index in [0.29, 0.717) is 5.56 Å². The molecule has 1 aromatic rings. The van der Waals surface area contributed by atoms with Crippen LogP contribution >= 0.6 is 12.6 Å². The number of aliphatic carboxylic acids is 1. The quantitative estimate of drug-likeness (QED) is 0.216. The fourth-order valence-electron chi connectivity index (χ4n) is 2.26. The molecule has 0 radical (unpaired) electrons. The van der Waals surface area contributed by atoms with Gasteiger partial charge in [-0.25, -0.2) is 4.79 Å². The van der Waals surface area contributed by atoms with Crippen LogP contribution in [0.3, 0.4) is 0 Å². The van der Waals surface area contributed by atoms with Crippen LogP contribution in [0, 0.1) is 0 Å². The molecule has 10 nitrogen and oxygen atoms in total. The fraction of sp³-hybridized carbons (Fsp3) is 0.412. The Morgan fingerprint density at radius 2 is 1.61 bits per heavy atom. The van der Waals surface area contributed by atoms with E-state index in [0.717, 1.165) is 0 Å². The first-order valence-corrected chi connectivity index (χ1v) is 9.03. The number of primary amides is 1. The molecule has 0 aliphatic heterocycles. The zero-order chi connectivity index (χ0) is 21.3. The number of hydrogen-bond acceptors (Lipinski definition) is 7. The fourth-order valence-corrected chi connectivity index (χ4v) is 2.42. The third-order valence-corrected chi connectivity index (χ3v) is 4.23. The summed E-state index contributed by atoms with van der Waals surface area (Å²) in [5.74, 6) is -3.35. The highest BCUT2D eigenvalue weighted by atomic mass is 32.1. The van der Waals surface area contributed by atoms with Gasteiger partial charge < -0.3 is 32.3 Å². The Morgan fingerprint density at radius 1 is 1.04 bits per heavy atom. The number of carboxylic acids is 1. The highest BCUT2D eigenvalue weighted by molar-refractivity contribution is 7.80. The van der Waals surface area contributed by atoms with Crippen molar-refractivity contribution in [1.29, 1.82) is 0 Å². The molecule has 1 aromatic carbocycles. The van der Waals surface area contributed by atoms with E-state index in [1.165, 1.54) is 24.3 Å². The van der Waals surface area contributed by atoms with Crippen molar-refractivity contribution < 1.29 is 29.4 Å². The number of carbonyl (C=O) groups excluding carboxylic acids is 3. The van der Waals surface area contributed by atoms with Crippen molar-refractivity contribution in [1.82, 2.24) is 10.6 Å². The molecule has 28 heavy (non-hydrogen) atoms. The Balaban J connectivity index is 2.87. The van der Waals surface area contributed by atoms with Gasteiger partial charge in [-0.1, -0.05) is 12.1 Å². The van der Waals surface area contributed by atoms with Gasteiger partial charge in [0, 0.05) is 18.6 Å². The standard InChI is InChI=1S/C17H24N4O6S/c18-11(8-28)15(24)20-12(5-6-14(19)23)16(25)21-13(17(26)27)7-9-1-3-10(22)4-2-9/h1-4,11-13,22,28H,5-8,18H2,(H2,19,23)(H,20,24)(H,21,25)(H,26,27). The van der Waals surface area contributed by atoms with Gasteiger partial charge in [-0.05, 0) is 24.1 Å². The van der Waals surface area contributed by atoms with Crippen molar-refractivity contribution in [3.8, 4) is 5.75 Å². The lowest BCUT2D eigenvalue weighted by atomic mass is 10.0. The summed E-state index contributed by atoms with van der Waals surface area (Å²) in [5, 5.41) is 23.4. The largest absolute Gasteiger partial charge is 0.508 e. The lowest BCUT2D eigenvalue weighted by Gasteiger charge is -2.22. The molecule has 154 valence electrons. The topological polar surface area (TPSA) is 185 Å². The van der Waals surface area contributed by atoms with E-state index in [-0.39, 0.29) is 30.8 Å². The van der Waals surface area contributed by atoms with Gasteiger partial charge in [-0.3, -0.25) is 14.4 Å². The summed E-state index contributed by atoms with van der Waals surface area (Å²) in [6.45, 7) is 0. The Labute approximate surface area is 167 Å². The van der Waals surface area contributed by atoms with E-state index >= 15 is 0 Å². The number of carboxylic acid groups (broad SMARTS) is 1. The zero-order valence-corrected chi connectivity index (χ0v) is 15.9. The van der Waals surface area contributed by atoms with E-state index in [1.54, 1.807) is 0 Å². The summed E-state index contributed by atoms with van der Waals surface area (Å²) in [6.07, 6.45) is -0.351. The zero-order valence-electron chi connectivity index (χ0n) is 15.0. The molecule has 3 amide bonds. The lowest BCUT2D eigenvalue weighted by molar-refractivity contribution is -0.142. The predicted octanol–water partition coefficient (Wildman–Crippen LogP) is -1.49.